The van der Waals surface area contributed by atoms with E-state index in [1.165, 1.54) is 18.2 Å². The molecule has 0 N–H and O–H groups in total. The largest absolute Gasteiger partial charge is 0.494 e. The fourth-order valence-corrected chi connectivity index (χ4v) is 1.71. The molecule has 1 aromatic rings. The van der Waals surface area contributed by atoms with Crippen molar-refractivity contribution in [1.82, 2.24) is 0 Å². The van der Waals surface area contributed by atoms with Crippen LogP contribution in [0.4, 0.5) is 0 Å². The number of rotatable bonds is 10. The van der Waals surface area contributed by atoms with Crippen LogP contribution in [0.5, 0.6) is 5.75 Å². The van der Waals surface area contributed by atoms with Gasteiger partial charge in [0.05, 0.1) is 13.2 Å². The van der Waals surface area contributed by atoms with Gasteiger partial charge in [0.2, 0.25) is 0 Å². The van der Waals surface area contributed by atoms with E-state index in [1.807, 2.05) is 0 Å². The molecule has 0 unspecified atom stereocenters. The van der Waals surface area contributed by atoms with Crippen LogP contribution in [0.1, 0.15) is 36.5 Å². The normalized spacial score (nSPS) is 9.86. The molecule has 0 amide bonds. The van der Waals surface area contributed by atoms with Crippen molar-refractivity contribution >= 4 is 17.5 Å². The number of hydrogen-bond acceptors (Lipinski definition) is 5. The van der Waals surface area contributed by atoms with E-state index < -0.39 is 11.8 Å². The van der Waals surface area contributed by atoms with Crippen molar-refractivity contribution in [3.8, 4) is 5.75 Å². The Morgan fingerprint density at radius 2 is 1.82 bits per heavy atom. The van der Waals surface area contributed by atoms with Gasteiger partial charge in [-0.25, -0.2) is 4.79 Å². The summed E-state index contributed by atoms with van der Waals surface area (Å²) in [5.41, 5.74) is 0.266. The second-order valence-electron chi connectivity index (χ2n) is 4.55. The van der Waals surface area contributed by atoms with Crippen LogP contribution < -0.4 is 4.74 Å². The molecule has 0 radical (unpaired) electrons. The Kier molecular flexibility index (Phi) is 7.61. The summed E-state index contributed by atoms with van der Waals surface area (Å²) in [4.78, 5) is 34.0. The summed E-state index contributed by atoms with van der Waals surface area (Å²) in [5, 5.41) is 0. The molecular weight excluding hydrogens is 284 g/mol. The lowest BCUT2D eigenvalue weighted by atomic mass is 10.1. The highest BCUT2D eigenvalue weighted by atomic mass is 16.5. The lowest BCUT2D eigenvalue weighted by molar-refractivity contribution is -0.137. The number of benzene rings is 1. The molecule has 0 heterocycles. The Balaban J connectivity index is 2.39. The standard InChI is InChI=1S/C17H20O5/c1-3-14(18)7-5-6-12-22-15-10-8-13(9-11-15)16(19)17(20)21-4-2/h3,8-11H,1,4-7,12H2,2H3. The lowest BCUT2D eigenvalue weighted by Gasteiger charge is -2.06. The van der Waals surface area contributed by atoms with Crippen LogP contribution in [-0.4, -0.2) is 30.7 Å². The molecular formula is C17H20O5. The summed E-state index contributed by atoms with van der Waals surface area (Å²) in [6, 6.07) is 6.30. The van der Waals surface area contributed by atoms with Gasteiger partial charge in [-0.1, -0.05) is 6.58 Å². The van der Waals surface area contributed by atoms with Crippen molar-refractivity contribution in [2.45, 2.75) is 26.2 Å². The number of carbonyl (C=O) groups excluding carboxylic acids is 3. The van der Waals surface area contributed by atoms with Gasteiger partial charge in [0.25, 0.3) is 5.78 Å². The zero-order valence-electron chi connectivity index (χ0n) is 12.7. The molecule has 0 atom stereocenters. The van der Waals surface area contributed by atoms with Gasteiger partial charge in [-0.3, -0.25) is 9.59 Å². The molecule has 0 aliphatic heterocycles. The SMILES string of the molecule is C=CC(=O)CCCCOc1ccc(C(=O)C(=O)OCC)cc1. The molecule has 5 heteroatoms. The van der Waals surface area contributed by atoms with E-state index in [9.17, 15) is 14.4 Å². The van der Waals surface area contributed by atoms with Crippen LogP contribution >= 0.6 is 0 Å². The van der Waals surface area contributed by atoms with Gasteiger partial charge in [-0.2, -0.15) is 0 Å². The smallest absolute Gasteiger partial charge is 0.379 e. The molecule has 0 aliphatic carbocycles. The minimum Gasteiger partial charge on any atom is -0.494 e. The first-order valence-electron chi connectivity index (χ1n) is 7.18. The molecule has 5 nitrogen and oxygen atoms in total. The topological polar surface area (TPSA) is 69.7 Å². The average Bonchev–Trinajstić information content (AvgIpc) is 2.54. The van der Waals surface area contributed by atoms with Gasteiger partial charge in [-0.05, 0) is 50.1 Å². The molecule has 0 fully saturated rings. The third-order valence-corrected chi connectivity index (χ3v) is 2.89. The molecule has 22 heavy (non-hydrogen) atoms. The third kappa shape index (κ3) is 5.91. The van der Waals surface area contributed by atoms with Crippen LogP contribution in [0, 0.1) is 0 Å². The van der Waals surface area contributed by atoms with Crippen LogP contribution in [0.2, 0.25) is 0 Å². The molecule has 0 saturated heterocycles. The Morgan fingerprint density at radius 3 is 2.41 bits per heavy atom. The third-order valence-electron chi connectivity index (χ3n) is 2.89. The van der Waals surface area contributed by atoms with Gasteiger partial charge in [0, 0.05) is 12.0 Å². The van der Waals surface area contributed by atoms with E-state index in [2.05, 4.69) is 11.3 Å². The number of unbranched alkanes of at least 4 members (excludes halogenated alkanes) is 1. The molecule has 0 aliphatic rings. The van der Waals surface area contributed by atoms with Gasteiger partial charge in [-0.15, -0.1) is 0 Å². The predicted octanol–water partition coefficient (Wildman–Crippen LogP) is 2.74. The summed E-state index contributed by atoms with van der Waals surface area (Å²) in [5.74, 6) is -0.892. The summed E-state index contributed by atoms with van der Waals surface area (Å²) < 4.78 is 10.2. The van der Waals surface area contributed by atoms with Gasteiger partial charge in [0.1, 0.15) is 5.75 Å². The number of ether oxygens (including phenoxy) is 2. The Bertz CT molecular complexity index is 530. The Labute approximate surface area is 129 Å². The summed E-state index contributed by atoms with van der Waals surface area (Å²) in [6.45, 7) is 5.70. The van der Waals surface area contributed by atoms with E-state index in [4.69, 9.17) is 4.74 Å². The zero-order chi connectivity index (χ0) is 16.4. The molecule has 0 bridgehead atoms. The molecule has 0 spiro atoms. The molecule has 0 aromatic heterocycles. The number of allylic oxidation sites excluding steroid dienone is 1. The average molecular weight is 304 g/mol. The quantitative estimate of drug-likeness (QED) is 0.218. The molecule has 0 saturated carbocycles. The van der Waals surface area contributed by atoms with Crippen molar-refractivity contribution in [3.63, 3.8) is 0 Å². The van der Waals surface area contributed by atoms with Gasteiger partial charge in [0.15, 0.2) is 5.78 Å². The summed E-state index contributed by atoms with van der Waals surface area (Å²) in [7, 11) is 0. The second kappa shape index (κ2) is 9.50. The lowest BCUT2D eigenvalue weighted by Crippen LogP contribution is -2.17. The van der Waals surface area contributed by atoms with Crippen molar-refractivity contribution in [1.29, 1.82) is 0 Å². The first-order valence-corrected chi connectivity index (χ1v) is 7.18. The number of ketones is 2. The molecule has 118 valence electrons. The van der Waals surface area contributed by atoms with Crippen LogP contribution in [0.15, 0.2) is 36.9 Å². The van der Waals surface area contributed by atoms with Crippen molar-refractivity contribution in [2.75, 3.05) is 13.2 Å². The van der Waals surface area contributed by atoms with Crippen LogP contribution in [0.3, 0.4) is 0 Å². The Morgan fingerprint density at radius 1 is 1.14 bits per heavy atom. The summed E-state index contributed by atoms with van der Waals surface area (Å²) >= 11 is 0. The number of carbonyl (C=O) groups is 3. The number of hydrogen-bond donors (Lipinski definition) is 0. The highest BCUT2D eigenvalue weighted by Crippen LogP contribution is 2.14. The van der Waals surface area contributed by atoms with Crippen LogP contribution in [-0.2, 0) is 14.3 Å². The monoisotopic (exact) mass is 304 g/mol. The van der Waals surface area contributed by atoms with Gasteiger partial charge >= 0.3 is 5.97 Å². The maximum Gasteiger partial charge on any atom is 0.379 e. The van der Waals surface area contributed by atoms with Gasteiger partial charge < -0.3 is 9.47 Å². The molecule has 1 aromatic carbocycles. The maximum absolute atomic E-state index is 11.7. The van der Waals surface area contributed by atoms with E-state index in [-0.39, 0.29) is 18.0 Å². The van der Waals surface area contributed by atoms with E-state index in [0.717, 1.165) is 12.8 Å². The predicted molar refractivity (Wildman–Crippen MR) is 82.0 cm³/mol. The van der Waals surface area contributed by atoms with E-state index in [1.54, 1.807) is 19.1 Å². The second-order valence-corrected chi connectivity index (χ2v) is 4.55. The fourth-order valence-electron chi connectivity index (χ4n) is 1.71. The van der Waals surface area contributed by atoms with Crippen LogP contribution in [0.25, 0.3) is 0 Å². The number of esters is 1. The van der Waals surface area contributed by atoms with Crippen molar-refractivity contribution < 1.29 is 23.9 Å². The van der Waals surface area contributed by atoms with Crippen molar-refractivity contribution in [2.24, 2.45) is 0 Å². The molecule has 1 rings (SSSR count). The highest BCUT2D eigenvalue weighted by molar-refractivity contribution is 6.40. The minimum absolute atomic E-state index is 0.0295. The van der Waals surface area contributed by atoms with E-state index >= 15 is 0 Å². The van der Waals surface area contributed by atoms with E-state index in [0.29, 0.717) is 18.8 Å². The first-order chi connectivity index (χ1) is 10.6. The summed E-state index contributed by atoms with van der Waals surface area (Å²) in [6.07, 6.45) is 3.29. The first kappa shape index (κ1) is 17.6. The fraction of sp³-hybridized carbons (Fsp3) is 0.353. The maximum atomic E-state index is 11.7. The Hall–Kier alpha value is -2.43. The zero-order valence-corrected chi connectivity index (χ0v) is 12.7. The highest BCUT2D eigenvalue weighted by Gasteiger charge is 2.16. The minimum atomic E-state index is -0.858. The number of Topliss-reactive ketones (excluding diaryl/α,β-unsaturated/α-hetero) is 1. The van der Waals surface area contributed by atoms with Crippen molar-refractivity contribution in [3.05, 3.63) is 42.5 Å².